The van der Waals surface area contributed by atoms with Gasteiger partial charge in [0.25, 0.3) is 0 Å². The molecule has 1 heterocycles. The molecule has 5 heteroatoms. The molecule has 0 unspecified atom stereocenters. The Morgan fingerprint density at radius 3 is 2.48 bits per heavy atom. The van der Waals surface area contributed by atoms with Gasteiger partial charge in [-0.15, -0.1) is 0 Å². The number of aryl methyl sites for hydroxylation is 1. The molecule has 0 aliphatic carbocycles. The average molecular weight is 398 g/mol. The summed E-state index contributed by atoms with van der Waals surface area (Å²) in [6, 6.07) is 13.8. The van der Waals surface area contributed by atoms with Crippen LogP contribution in [0.2, 0.25) is 0 Å². The third-order valence-electron chi connectivity index (χ3n) is 4.19. The number of halogens is 1. The molecule has 0 saturated carbocycles. The third kappa shape index (κ3) is 3.27. The highest BCUT2D eigenvalue weighted by Gasteiger charge is 2.18. The molecule has 0 atom stereocenters. The molecule has 0 spiro atoms. The summed E-state index contributed by atoms with van der Waals surface area (Å²) in [4.78, 5) is 12.6. The lowest BCUT2D eigenvalue weighted by Gasteiger charge is -2.18. The molecular weight excluding hydrogens is 378 g/mol. The molecule has 0 aliphatic rings. The van der Waals surface area contributed by atoms with Crippen LogP contribution in [0.25, 0.3) is 22.2 Å². The van der Waals surface area contributed by atoms with Gasteiger partial charge in [-0.25, -0.2) is 4.79 Å². The van der Waals surface area contributed by atoms with Crippen LogP contribution in [0.4, 0.5) is 0 Å². The number of fused-ring (bicyclic) bond motifs is 1. The zero-order chi connectivity index (χ0) is 18.4. The second-order valence-electron chi connectivity index (χ2n) is 7.49. The van der Waals surface area contributed by atoms with Crippen LogP contribution >= 0.6 is 15.9 Å². The third-order valence-corrected chi connectivity index (χ3v) is 4.68. The summed E-state index contributed by atoms with van der Waals surface area (Å²) in [6.07, 6.45) is 0. The summed E-state index contributed by atoms with van der Waals surface area (Å²) in [5.74, 6) is 0. The second-order valence-corrected chi connectivity index (χ2v) is 8.41. The number of imidazole rings is 1. The van der Waals surface area contributed by atoms with Crippen LogP contribution in [0.3, 0.4) is 0 Å². The van der Waals surface area contributed by atoms with Crippen molar-refractivity contribution in [2.75, 3.05) is 0 Å². The number of benzene rings is 2. The smallest absolute Gasteiger partial charge is 0.295 e. The van der Waals surface area contributed by atoms with Crippen molar-refractivity contribution in [1.29, 1.82) is 5.26 Å². The van der Waals surface area contributed by atoms with Gasteiger partial charge in [0.2, 0.25) is 0 Å². The molecule has 0 N–H and O–H groups in total. The maximum Gasteiger partial charge on any atom is 0.328 e. The molecule has 0 saturated heterocycles. The van der Waals surface area contributed by atoms with Gasteiger partial charge in [0.1, 0.15) is 0 Å². The molecule has 0 radical (unpaired) electrons. The molecule has 128 valence electrons. The molecule has 25 heavy (non-hydrogen) atoms. The van der Waals surface area contributed by atoms with E-state index in [0.717, 1.165) is 26.6 Å². The van der Waals surface area contributed by atoms with Crippen molar-refractivity contribution < 1.29 is 0 Å². The highest BCUT2D eigenvalue weighted by atomic mass is 79.9. The number of hydrogen-bond acceptors (Lipinski definition) is 2. The van der Waals surface area contributed by atoms with Gasteiger partial charge in [0.05, 0.1) is 22.7 Å². The van der Waals surface area contributed by atoms with Gasteiger partial charge in [0, 0.05) is 18.1 Å². The summed E-state index contributed by atoms with van der Waals surface area (Å²) in [5, 5.41) is 9.42. The molecule has 0 bridgehead atoms. The highest BCUT2D eigenvalue weighted by molar-refractivity contribution is 9.10. The minimum atomic E-state index is -0.0154. The number of nitriles is 1. The van der Waals surface area contributed by atoms with Crippen LogP contribution in [0, 0.1) is 16.7 Å². The summed E-state index contributed by atoms with van der Waals surface area (Å²) in [6.45, 7) is 7.01. The van der Waals surface area contributed by atoms with E-state index in [9.17, 15) is 10.1 Å². The van der Waals surface area contributed by atoms with E-state index in [4.69, 9.17) is 0 Å². The predicted octanol–water partition coefficient (Wildman–Crippen LogP) is 4.69. The standard InChI is InChI=1S/C20H20BrN3O/c1-20(2,3)12-24-17-8-5-13(10-18(17)23(4)19(24)25)16-7-6-15(21)9-14(16)11-22/h5-10H,12H2,1-4H3. The van der Waals surface area contributed by atoms with Crippen molar-refractivity contribution in [1.82, 2.24) is 9.13 Å². The monoisotopic (exact) mass is 397 g/mol. The second kappa shape index (κ2) is 6.20. The Kier molecular flexibility index (Phi) is 4.34. The van der Waals surface area contributed by atoms with Crippen molar-refractivity contribution >= 4 is 27.0 Å². The fourth-order valence-corrected chi connectivity index (χ4v) is 3.42. The molecule has 4 nitrogen and oxygen atoms in total. The predicted molar refractivity (Wildman–Crippen MR) is 104 cm³/mol. The lowest BCUT2D eigenvalue weighted by molar-refractivity contribution is 0.342. The van der Waals surface area contributed by atoms with E-state index in [1.165, 1.54) is 0 Å². The van der Waals surface area contributed by atoms with Gasteiger partial charge in [-0.1, -0.05) is 48.8 Å². The van der Waals surface area contributed by atoms with E-state index in [0.29, 0.717) is 12.1 Å². The van der Waals surface area contributed by atoms with Crippen LogP contribution in [0.15, 0.2) is 45.7 Å². The van der Waals surface area contributed by atoms with Crippen molar-refractivity contribution in [3.8, 4) is 17.2 Å². The van der Waals surface area contributed by atoms with Crippen LogP contribution in [-0.2, 0) is 13.6 Å². The lowest BCUT2D eigenvalue weighted by Crippen LogP contribution is -2.27. The minimum Gasteiger partial charge on any atom is -0.295 e. The Balaban J connectivity index is 2.22. The van der Waals surface area contributed by atoms with Gasteiger partial charge in [-0.3, -0.25) is 9.13 Å². The molecule has 0 aliphatic heterocycles. The Hall–Kier alpha value is -2.32. The molecule has 2 aromatic carbocycles. The van der Waals surface area contributed by atoms with Crippen molar-refractivity contribution in [3.05, 3.63) is 56.9 Å². The molecule has 3 aromatic rings. The van der Waals surface area contributed by atoms with Gasteiger partial charge in [-0.2, -0.15) is 5.26 Å². The maximum absolute atomic E-state index is 12.6. The van der Waals surface area contributed by atoms with Gasteiger partial charge in [0.15, 0.2) is 0 Å². The SMILES string of the molecule is Cn1c(=O)n(CC(C)(C)C)c2ccc(-c3ccc(Br)cc3C#N)cc21. The topological polar surface area (TPSA) is 50.7 Å². The highest BCUT2D eigenvalue weighted by Crippen LogP contribution is 2.29. The number of rotatable bonds is 2. The zero-order valence-electron chi connectivity index (χ0n) is 14.8. The molecule has 1 aromatic heterocycles. The van der Waals surface area contributed by atoms with Crippen LogP contribution in [0.5, 0.6) is 0 Å². The number of nitrogens with zero attached hydrogens (tertiary/aromatic N) is 3. The number of aromatic nitrogens is 2. The first-order chi connectivity index (χ1) is 11.7. The van der Waals surface area contributed by atoms with Crippen LogP contribution in [-0.4, -0.2) is 9.13 Å². The quantitative estimate of drug-likeness (QED) is 0.629. The largest absolute Gasteiger partial charge is 0.328 e. The first-order valence-electron chi connectivity index (χ1n) is 8.10. The summed E-state index contributed by atoms with van der Waals surface area (Å²) in [5.41, 5.74) is 4.19. The summed E-state index contributed by atoms with van der Waals surface area (Å²) < 4.78 is 4.37. The first kappa shape index (κ1) is 17.5. The van der Waals surface area contributed by atoms with Crippen LogP contribution in [0.1, 0.15) is 26.3 Å². The van der Waals surface area contributed by atoms with Crippen molar-refractivity contribution in [2.24, 2.45) is 12.5 Å². The fourth-order valence-electron chi connectivity index (χ4n) is 3.06. The van der Waals surface area contributed by atoms with Gasteiger partial charge in [-0.05, 0) is 40.8 Å². The van der Waals surface area contributed by atoms with Gasteiger partial charge >= 0.3 is 5.69 Å². The summed E-state index contributed by atoms with van der Waals surface area (Å²) >= 11 is 3.40. The van der Waals surface area contributed by atoms with Gasteiger partial charge < -0.3 is 0 Å². The van der Waals surface area contributed by atoms with Crippen LogP contribution < -0.4 is 5.69 Å². The Morgan fingerprint density at radius 1 is 1.12 bits per heavy atom. The summed E-state index contributed by atoms with van der Waals surface area (Å²) in [7, 11) is 1.79. The minimum absolute atomic E-state index is 0.0104. The number of hydrogen-bond donors (Lipinski definition) is 0. The Labute approximate surface area is 155 Å². The zero-order valence-corrected chi connectivity index (χ0v) is 16.4. The van der Waals surface area contributed by atoms with Crippen molar-refractivity contribution in [2.45, 2.75) is 27.3 Å². The molecule has 3 rings (SSSR count). The fraction of sp³-hybridized carbons (Fsp3) is 0.300. The van der Waals surface area contributed by atoms with E-state index >= 15 is 0 Å². The molecule has 0 fully saturated rings. The average Bonchev–Trinajstić information content (AvgIpc) is 2.78. The molecule has 0 amide bonds. The Bertz CT molecular complexity index is 1060. The lowest BCUT2D eigenvalue weighted by atomic mass is 9.96. The van der Waals surface area contributed by atoms with E-state index in [-0.39, 0.29) is 11.1 Å². The molecular formula is C20H20BrN3O. The Morgan fingerprint density at radius 2 is 1.84 bits per heavy atom. The van der Waals surface area contributed by atoms with Crippen molar-refractivity contribution in [3.63, 3.8) is 0 Å². The van der Waals surface area contributed by atoms with E-state index in [2.05, 4.69) is 42.8 Å². The van der Waals surface area contributed by atoms with E-state index in [1.807, 2.05) is 41.0 Å². The maximum atomic E-state index is 12.6. The normalized spacial score (nSPS) is 11.7. The van der Waals surface area contributed by atoms with E-state index < -0.39 is 0 Å². The first-order valence-corrected chi connectivity index (χ1v) is 8.90. The van der Waals surface area contributed by atoms with E-state index in [1.54, 1.807) is 11.6 Å².